The van der Waals surface area contributed by atoms with E-state index in [1.54, 1.807) is 6.08 Å². The number of hydrogen-bond acceptors (Lipinski definition) is 4. The molecule has 1 N–H and O–H groups in total. The summed E-state index contributed by atoms with van der Waals surface area (Å²) in [6.45, 7) is 5.43. The molecule has 18 heavy (non-hydrogen) atoms. The second-order valence-electron chi connectivity index (χ2n) is 5.33. The first-order valence-corrected chi connectivity index (χ1v) is 6.10. The standard InChI is InChI=1S/C13H21NO4/c1-13(2,3)18-12(16)14-10-7-5-6-9(8-10)11(15)17-4/h8,10H,5-7H2,1-4H3,(H,14,16). The van der Waals surface area contributed by atoms with E-state index in [-0.39, 0.29) is 12.0 Å². The van der Waals surface area contributed by atoms with Crippen LogP contribution in [0.25, 0.3) is 0 Å². The van der Waals surface area contributed by atoms with Gasteiger partial charge in [0.25, 0.3) is 0 Å². The summed E-state index contributed by atoms with van der Waals surface area (Å²) < 4.78 is 9.84. The molecule has 0 aliphatic heterocycles. The molecule has 0 spiro atoms. The van der Waals surface area contributed by atoms with Crippen LogP contribution in [0.15, 0.2) is 11.6 Å². The predicted octanol–water partition coefficient (Wildman–Crippen LogP) is 2.16. The molecule has 1 unspecified atom stereocenters. The van der Waals surface area contributed by atoms with Crippen LogP contribution in [-0.2, 0) is 14.3 Å². The molecule has 5 heteroatoms. The number of esters is 1. The van der Waals surface area contributed by atoms with Crippen molar-refractivity contribution in [3.63, 3.8) is 0 Å². The van der Waals surface area contributed by atoms with Gasteiger partial charge in [-0.1, -0.05) is 6.08 Å². The van der Waals surface area contributed by atoms with E-state index in [1.807, 2.05) is 20.8 Å². The van der Waals surface area contributed by atoms with Crippen LogP contribution in [-0.4, -0.2) is 30.8 Å². The quantitative estimate of drug-likeness (QED) is 0.768. The summed E-state index contributed by atoms with van der Waals surface area (Å²) in [5.74, 6) is -0.328. The fraction of sp³-hybridized carbons (Fsp3) is 0.692. The van der Waals surface area contributed by atoms with Crippen molar-refractivity contribution in [3.8, 4) is 0 Å². The Hall–Kier alpha value is -1.52. The summed E-state index contributed by atoms with van der Waals surface area (Å²) >= 11 is 0. The first kappa shape index (κ1) is 14.5. The minimum absolute atomic E-state index is 0.164. The molecule has 102 valence electrons. The Bertz CT molecular complexity index is 354. The van der Waals surface area contributed by atoms with Crippen molar-refractivity contribution in [1.29, 1.82) is 0 Å². The molecule has 0 saturated carbocycles. The molecular formula is C13H21NO4. The maximum Gasteiger partial charge on any atom is 0.408 e. The Morgan fingerprint density at radius 2 is 2.06 bits per heavy atom. The Kier molecular flexibility index (Phi) is 4.76. The van der Waals surface area contributed by atoms with E-state index in [4.69, 9.17) is 4.74 Å². The molecule has 0 aromatic rings. The number of hydrogen-bond donors (Lipinski definition) is 1. The molecule has 0 fully saturated rings. The van der Waals surface area contributed by atoms with Crippen LogP contribution < -0.4 is 5.32 Å². The molecule has 1 aliphatic carbocycles. The summed E-state index contributed by atoms with van der Waals surface area (Å²) in [6.07, 6.45) is 3.63. The fourth-order valence-electron chi connectivity index (χ4n) is 1.80. The van der Waals surface area contributed by atoms with Crippen LogP contribution in [0.1, 0.15) is 40.0 Å². The Morgan fingerprint density at radius 1 is 1.39 bits per heavy atom. The number of ether oxygens (including phenoxy) is 2. The minimum atomic E-state index is -0.520. The van der Waals surface area contributed by atoms with Gasteiger partial charge in [0.1, 0.15) is 5.60 Å². The topological polar surface area (TPSA) is 64.6 Å². The van der Waals surface area contributed by atoms with Gasteiger partial charge in [-0.05, 0) is 40.0 Å². The summed E-state index contributed by atoms with van der Waals surface area (Å²) in [5, 5.41) is 2.74. The van der Waals surface area contributed by atoms with E-state index in [0.29, 0.717) is 12.0 Å². The molecule has 1 rings (SSSR count). The maximum atomic E-state index is 11.6. The number of methoxy groups -OCH3 is 1. The number of nitrogens with one attached hydrogen (secondary N) is 1. The van der Waals surface area contributed by atoms with Crippen LogP contribution in [0.3, 0.4) is 0 Å². The monoisotopic (exact) mass is 255 g/mol. The summed E-state index contributed by atoms with van der Waals surface area (Å²) in [7, 11) is 1.36. The lowest BCUT2D eigenvalue weighted by molar-refractivity contribution is -0.136. The fourth-order valence-corrected chi connectivity index (χ4v) is 1.80. The van der Waals surface area contributed by atoms with Crippen molar-refractivity contribution in [2.45, 2.75) is 51.7 Å². The van der Waals surface area contributed by atoms with E-state index in [2.05, 4.69) is 10.1 Å². The highest BCUT2D eigenvalue weighted by molar-refractivity contribution is 5.88. The van der Waals surface area contributed by atoms with Gasteiger partial charge in [0.2, 0.25) is 0 Å². The maximum absolute atomic E-state index is 11.6. The molecule has 1 atom stereocenters. The van der Waals surface area contributed by atoms with Gasteiger partial charge in [-0.2, -0.15) is 0 Å². The zero-order valence-corrected chi connectivity index (χ0v) is 11.4. The van der Waals surface area contributed by atoms with Gasteiger partial charge in [-0.25, -0.2) is 9.59 Å². The second kappa shape index (κ2) is 5.89. The number of carbonyl (C=O) groups excluding carboxylic acids is 2. The highest BCUT2D eigenvalue weighted by Crippen LogP contribution is 2.19. The number of amides is 1. The van der Waals surface area contributed by atoms with Crippen molar-refractivity contribution in [3.05, 3.63) is 11.6 Å². The third-order valence-electron chi connectivity index (χ3n) is 2.51. The molecule has 0 radical (unpaired) electrons. The van der Waals surface area contributed by atoms with Gasteiger partial charge in [0.15, 0.2) is 0 Å². The van der Waals surface area contributed by atoms with Crippen molar-refractivity contribution in [2.75, 3.05) is 7.11 Å². The van der Waals surface area contributed by atoms with Gasteiger partial charge >= 0.3 is 12.1 Å². The average molecular weight is 255 g/mol. The van der Waals surface area contributed by atoms with Gasteiger partial charge in [-0.15, -0.1) is 0 Å². The van der Waals surface area contributed by atoms with Crippen molar-refractivity contribution in [1.82, 2.24) is 5.32 Å². The van der Waals surface area contributed by atoms with Crippen molar-refractivity contribution in [2.24, 2.45) is 0 Å². The number of rotatable bonds is 2. The van der Waals surface area contributed by atoms with Crippen LogP contribution in [0.2, 0.25) is 0 Å². The van der Waals surface area contributed by atoms with Crippen LogP contribution in [0.4, 0.5) is 4.79 Å². The van der Waals surface area contributed by atoms with Gasteiger partial charge in [-0.3, -0.25) is 0 Å². The van der Waals surface area contributed by atoms with E-state index < -0.39 is 11.7 Å². The largest absolute Gasteiger partial charge is 0.466 e. The SMILES string of the molecule is COC(=O)C1=CC(NC(=O)OC(C)(C)C)CCC1. The van der Waals surface area contributed by atoms with Gasteiger partial charge < -0.3 is 14.8 Å². The molecule has 0 aromatic heterocycles. The average Bonchev–Trinajstić information content (AvgIpc) is 2.25. The van der Waals surface area contributed by atoms with E-state index in [9.17, 15) is 9.59 Å². The normalized spacial score (nSPS) is 19.8. The first-order valence-electron chi connectivity index (χ1n) is 6.10. The zero-order valence-electron chi connectivity index (χ0n) is 11.4. The van der Waals surface area contributed by atoms with Crippen LogP contribution in [0.5, 0.6) is 0 Å². The lowest BCUT2D eigenvalue weighted by Gasteiger charge is -2.24. The van der Waals surface area contributed by atoms with E-state index in [0.717, 1.165) is 12.8 Å². The third-order valence-corrected chi connectivity index (χ3v) is 2.51. The zero-order chi connectivity index (χ0) is 13.8. The Balaban J connectivity index is 2.57. The summed E-state index contributed by atoms with van der Waals surface area (Å²) in [5.41, 5.74) is 0.0954. The van der Waals surface area contributed by atoms with Crippen LogP contribution in [0, 0.1) is 0 Å². The Morgan fingerprint density at radius 3 is 2.61 bits per heavy atom. The van der Waals surface area contributed by atoms with Crippen molar-refractivity contribution >= 4 is 12.1 Å². The van der Waals surface area contributed by atoms with Gasteiger partial charge in [0, 0.05) is 5.57 Å². The van der Waals surface area contributed by atoms with Gasteiger partial charge in [0.05, 0.1) is 13.2 Å². The first-order chi connectivity index (χ1) is 8.31. The van der Waals surface area contributed by atoms with Crippen LogP contribution >= 0.6 is 0 Å². The van der Waals surface area contributed by atoms with Crippen molar-refractivity contribution < 1.29 is 19.1 Å². The van der Waals surface area contributed by atoms with E-state index in [1.165, 1.54) is 7.11 Å². The lowest BCUT2D eigenvalue weighted by Crippen LogP contribution is -2.39. The molecule has 1 aliphatic rings. The molecule has 1 amide bonds. The molecule has 5 nitrogen and oxygen atoms in total. The number of alkyl carbamates (subject to hydrolysis) is 1. The molecule has 0 heterocycles. The molecule has 0 bridgehead atoms. The highest BCUT2D eigenvalue weighted by Gasteiger charge is 2.22. The second-order valence-corrected chi connectivity index (χ2v) is 5.33. The molecular weight excluding hydrogens is 234 g/mol. The smallest absolute Gasteiger partial charge is 0.408 e. The summed E-state index contributed by atoms with van der Waals surface area (Å²) in [4.78, 5) is 23.0. The lowest BCUT2D eigenvalue weighted by atomic mass is 9.96. The molecule has 0 saturated heterocycles. The predicted molar refractivity (Wildman–Crippen MR) is 67.1 cm³/mol. The van der Waals surface area contributed by atoms with E-state index >= 15 is 0 Å². The third kappa shape index (κ3) is 4.77. The highest BCUT2D eigenvalue weighted by atomic mass is 16.6. The Labute approximate surface area is 108 Å². The molecule has 0 aromatic carbocycles. The minimum Gasteiger partial charge on any atom is -0.466 e. The summed E-state index contributed by atoms with van der Waals surface area (Å²) in [6, 6.07) is -0.164. The number of carbonyl (C=O) groups is 2.